The topological polar surface area (TPSA) is 133 Å². The van der Waals surface area contributed by atoms with Gasteiger partial charge in [-0.05, 0) is 43.3 Å². The summed E-state index contributed by atoms with van der Waals surface area (Å²) in [6, 6.07) is 11.4. The number of hydrogen-bond acceptors (Lipinski definition) is 7. The van der Waals surface area contributed by atoms with Crippen LogP contribution in [0.4, 0.5) is 0 Å². The standard InChI is InChI=1S/C18H21N3O7S2/c1-13-3-7-15(8-4-13)29(24,25)20-11-12-21(18(20)17(22)19-23)30(26,27)16-9-5-14(28-2)6-10-16/h3-10,18,23H,11-12H2,1-2H3,(H,19,22). The summed E-state index contributed by atoms with van der Waals surface area (Å²) in [7, 11) is -7.03. The molecule has 162 valence electrons. The Hall–Kier alpha value is -2.51. The number of rotatable bonds is 6. The van der Waals surface area contributed by atoms with Gasteiger partial charge in [-0.25, -0.2) is 22.3 Å². The second-order valence-electron chi connectivity index (χ2n) is 6.57. The number of nitrogens with zero attached hydrogens (tertiary/aromatic N) is 2. The number of benzene rings is 2. The normalized spacial score (nSPS) is 18.3. The number of aryl methyl sites for hydroxylation is 1. The summed E-state index contributed by atoms with van der Waals surface area (Å²) in [6.07, 6.45) is -1.78. The third-order valence-corrected chi connectivity index (χ3v) is 8.46. The minimum atomic E-state index is -4.25. The van der Waals surface area contributed by atoms with Crippen LogP contribution >= 0.6 is 0 Å². The first-order chi connectivity index (χ1) is 14.1. The van der Waals surface area contributed by atoms with E-state index in [0.717, 1.165) is 14.2 Å². The van der Waals surface area contributed by atoms with Gasteiger partial charge < -0.3 is 4.74 Å². The molecule has 0 saturated carbocycles. The summed E-state index contributed by atoms with van der Waals surface area (Å²) in [5.74, 6) is -0.746. The SMILES string of the molecule is COc1ccc(S(=O)(=O)N2CCN(S(=O)(=O)c3ccc(C)cc3)C2C(=O)NO)cc1. The summed E-state index contributed by atoms with van der Waals surface area (Å²) in [5.41, 5.74) is 2.21. The molecule has 3 rings (SSSR count). The molecule has 0 aliphatic carbocycles. The van der Waals surface area contributed by atoms with Crippen LogP contribution in [0.2, 0.25) is 0 Å². The number of methoxy groups -OCH3 is 1. The predicted octanol–water partition coefficient (Wildman–Crippen LogP) is 0.530. The van der Waals surface area contributed by atoms with Crippen molar-refractivity contribution >= 4 is 26.0 Å². The maximum Gasteiger partial charge on any atom is 0.277 e. The summed E-state index contributed by atoms with van der Waals surface area (Å²) in [4.78, 5) is 12.1. The molecule has 0 aromatic heterocycles. The van der Waals surface area contributed by atoms with Gasteiger partial charge in [-0.15, -0.1) is 0 Å². The summed E-state index contributed by atoms with van der Waals surface area (Å²) < 4.78 is 58.9. The van der Waals surface area contributed by atoms with Crippen molar-refractivity contribution in [1.82, 2.24) is 14.1 Å². The lowest BCUT2D eigenvalue weighted by molar-refractivity contribution is -0.134. The van der Waals surface area contributed by atoms with Crippen LogP contribution in [0.5, 0.6) is 5.75 Å². The molecule has 2 aromatic rings. The number of amides is 1. The van der Waals surface area contributed by atoms with E-state index in [0.29, 0.717) is 5.75 Å². The molecule has 1 aliphatic heterocycles. The second kappa shape index (κ2) is 8.32. The van der Waals surface area contributed by atoms with Gasteiger partial charge in [0.25, 0.3) is 5.91 Å². The Labute approximate surface area is 174 Å². The number of hydrogen-bond donors (Lipinski definition) is 2. The third-order valence-electron chi connectivity index (χ3n) is 4.72. The Morgan fingerprint density at radius 1 is 0.933 bits per heavy atom. The van der Waals surface area contributed by atoms with E-state index < -0.39 is 32.1 Å². The molecule has 1 saturated heterocycles. The van der Waals surface area contributed by atoms with Crippen molar-refractivity contribution in [3.05, 3.63) is 54.1 Å². The van der Waals surface area contributed by atoms with Crippen molar-refractivity contribution in [2.45, 2.75) is 22.9 Å². The van der Waals surface area contributed by atoms with Gasteiger partial charge in [0, 0.05) is 13.1 Å². The van der Waals surface area contributed by atoms with Crippen molar-refractivity contribution in [3.63, 3.8) is 0 Å². The van der Waals surface area contributed by atoms with Crippen LogP contribution < -0.4 is 10.2 Å². The first-order valence-corrected chi connectivity index (χ1v) is 11.7. The molecule has 1 fully saturated rings. The van der Waals surface area contributed by atoms with Crippen LogP contribution in [-0.4, -0.2) is 62.9 Å². The monoisotopic (exact) mass is 455 g/mol. The van der Waals surface area contributed by atoms with E-state index in [-0.39, 0.29) is 22.9 Å². The third kappa shape index (κ3) is 3.91. The van der Waals surface area contributed by atoms with Crippen molar-refractivity contribution < 1.29 is 31.6 Å². The largest absolute Gasteiger partial charge is 0.497 e. The molecule has 2 N–H and O–H groups in total. The van der Waals surface area contributed by atoms with Gasteiger partial charge in [-0.1, -0.05) is 17.7 Å². The van der Waals surface area contributed by atoms with Crippen molar-refractivity contribution in [2.24, 2.45) is 0 Å². The van der Waals surface area contributed by atoms with Crippen LogP contribution in [-0.2, 0) is 24.8 Å². The summed E-state index contributed by atoms with van der Waals surface area (Å²) in [6.45, 7) is 1.26. The highest BCUT2D eigenvalue weighted by Gasteiger charge is 2.49. The van der Waals surface area contributed by atoms with E-state index in [4.69, 9.17) is 9.94 Å². The Balaban J connectivity index is 2.02. The lowest BCUT2D eigenvalue weighted by Crippen LogP contribution is -2.53. The fraction of sp³-hybridized carbons (Fsp3) is 0.278. The Morgan fingerprint density at radius 2 is 1.37 bits per heavy atom. The van der Waals surface area contributed by atoms with Crippen LogP contribution in [0, 0.1) is 6.92 Å². The van der Waals surface area contributed by atoms with E-state index in [1.54, 1.807) is 19.1 Å². The maximum atomic E-state index is 13.1. The summed E-state index contributed by atoms with van der Waals surface area (Å²) in [5, 5.41) is 9.15. The Bertz CT molecular complexity index is 1130. The molecule has 10 nitrogen and oxygen atoms in total. The van der Waals surface area contributed by atoms with Crippen molar-refractivity contribution in [1.29, 1.82) is 0 Å². The lowest BCUT2D eigenvalue weighted by Gasteiger charge is -2.27. The number of ether oxygens (including phenoxy) is 1. The quantitative estimate of drug-likeness (QED) is 0.479. The molecule has 0 radical (unpaired) electrons. The average molecular weight is 456 g/mol. The molecule has 1 heterocycles. The van der Waals surface area contributed by atoms with E-state index in [1.165, 1.54) is 49.0 Å². The van der Waals surface area contributed by atoms with E-state index in [9.17, 15) is 21.6 Å². The molecule has 2 aromatic carbocycles. The highest BCUT2D eigenvalue weighted by Crippen LogP contribution is 2.30. The van der Waals surface area contributed by atoms with Crippen LogP contribution in [0.15, 0.2) is 58.3 Å². The zero-order valence-electron chi connectivity index (χ0n) is 16.2. The molecule has 1 amide bonds. The number of carbonyl (C=O) groups is 1. The van der Waals surface area contributed by atoms with Crippen molar-refractivity contribution in [3.8, 4) is 5.75 Å². The maximum absolute atomic E-state index is 13.1. The molecular weight excluding hydrogens is 434 g/mol. The Morgan fingerprint density at radius 3 is 1.77 bits per heavy atom. The first kappa shape index (κ1) is 22.2. The van der Waals surface area contributed by atoms with E-state index in [2.05, 4.69) is 0 Å². The molecule has 0 bridgehead atoms. The van der Waals surface area contributed by atoms with Gasteiger partial charge in [0.2, 0.25) is 20.0 Å². The lowest BCUT2D eigenvalue weighted by atomic mass is 10.2. The minimum absolute atomic E-state index is 0.0902. The van der Waals surface area contributed by atoms with Crippen LogP contribution in [0.3, 0.4) is 0 Å². The second-order valence-corrected chi connectivity index (χ2v) is 10.4. The van der Waals surface area contributed by atoms with Gasteiger partial charge >= 0.3 is 0 Å². The zero-order valence-corrected chi connectivity index (χ0v) is 17.9. The first-order valence-electron chi connectivity index (χ1n) is 8.81. The highest BCUT2D eigenvalue weighted by atomic mass is 32.2. The zero-order chi connectivity index (χ0) is 22.1. The number of hydroxylamine groups is 1. The van der Waals surface area contributed by atoms with Gasteiger partial charge in [-0.2, -0.15) is 8.61 Å². The van der Waals surface area contributed by atoms with Gasteiger partial charge in [0.05, 0.1) is 16.9 Å². The smallest absolute Gasteiger partial charge is 0.277 e. The molecule has 0 spiro atoms. The molecule has 12 heteroatoms. The number of carbonyl (C=O) groups excluding carboxylic acids is 1. The number of nitrogens with one attached hydrogen (secondary N) is 1. The molecule has 1 atom stereocenters. The van der Waals surface area contributed by atoms with E-state index in [1.807, 2.05) is 0 Å². The van der Waals surface area contributed by atoms with Crippen LogP contribution in [0.25, 0.3) is 0 Å². The van der Waals surface area contributed by atoms with Gasteiger partial charge in [-0.3, -0.25) is 10.0 Å². The fourth-order valence-electron chi connectivity index (χ4n) is 3.14. The summed E-state index contributed by atoms with van der Waals surface area (Å²) >= 11 is 0. The molecule has 30 heavy (non-hydrogen) atoms. The minimum Gasteiger partial charge on any atom is -0.497 e. The average Bonchev–Trinajstić information content (AvgIpc) is 3.20. The van der Waals surface area contributed by atoms with Gasteiger partial charge in [0.15, 0.2) is 6.17 Å². The van der Waals surface area contributed by atoms with Crippen LogP contribution in [0.1, 0.15) is 5.56 Å². The predicted molar refractivity (Wildman–Crippen MR) is 106 cm³/mol. The molecular formula is C18H21N3O7S2. The van der Waals surface area contributed by atoms with E-state index >= 15 is 0 Å². The number of sulfonamides is 2. The van der Waals surface area contributed by atoms with Crippen molar-refractivity contribution in [2.75, 3.05) is 20.2 Å². The highest BCUT2D eigenvalue weighted by molar-refractivity contribution is 7.90. The Kier molecular flexibility index (Phi) is 6.15. The molecule has 1 unspecified atom stereocenters. The van der Waals surface area contributed by atoms with Gasteiger partial charge in [0.1, 0.15) is 5.75 Å². The molecule has 1 aliphatic rings. The fourth-order valence-corrected chi connectivity index (χ4v) is 6.29.